The van der Waals surface area contributed by atoms with E-state index in [1.807, 2.05) is 24.0 Å². The van der Waals surface area contributed by atoms with Gasteiger partial charge in [-0.2, -0.15) is 0 Å². The molecule has 0 radical (unpaired) electrons. The van der Waals surface area contributed by atoms with E-state index in [0.29, 0.717) is 41.7 Å². The monoisotopic (exact) mass is 480 g/mol. The zero-order chi connectivity index (χ0) is 24.8. The molecule has 1 aliphatic carbocycles. The first-order valence-corrected chi connectivity index (χ1v) is 12.7. The Kier molecular flexibility index (Phi) is 5.67. The summed E-state index contributed by atoms with van der Waals surface area (Å²) in [4.78, 5) is 20.3. The molecule has 2 fully saturated rings. The standard InChI is InChI=1S/C30H29FN4O/c1-19-17-22(9-12-25(19)28(32)21-5-4-6-23(31)18-21)30(36)34-15-13-20(14-16-34)29-33-26-7-2-3-8-27(26)35(29)24-10-11-24/h2-9,12,17-18,20,24,32H,10-11,13-16H2,1H3. The molecule has 0 spiro atoms. The molecule has 1 saturated heterocycles. The second-order valence-corrected chi connectivity index (χ2v) is 10.0. The number of imidazole rings is 1. The molecule has 0 unspecified atom stereocenters. The number of carbonyl (C=O) groups is 1. The third-order valence-corrected chi connectivity index (χ3v) is 7.54. The molecule has 1 N–H and O–H groups in total. The molecule has 2 aliphatic rings. The maximum absolute atomic E-state index is 13.6. The van der Waals surface area contributed by atoms with Crippen molar-refractivity contribution in [2.75, 3.05) is 13.1 Å². The number of aryl methyl sites for hydroxylation is 1. The largest absolute Gasteiger partial charge is 0.339 e. The predicted octanol–water partition coefficient (Wildman–Crippen LogP) is 6.25. The molecule has 2 heterocycles. The normalized spacial score (nSPS) is 16.4. The summed E-state index contributed by atoms with van der Waals surface area (Å²) in [5.41, 5.74) is 5.25. The molecule has 6 rings (SSSR count). The van der Waals surface area contributed by atoms with E-state index < -0.39 is 0 Å². The molecule has 1 saturated carbocycles. The van der Waals surface area contributed by atoms with Crippen molar-refractivity contribution in [3.05, 3.63) is 101 Å². The smallest absolute Gasteiger partial charge is 0.253 e. The van der Waals surface area contributed by atoms with Crippen LogP contribution in [0.25, 0.3) is 11.0 Å². The van der Waals surface area contributed by atoms with Crippen LogP contribution in [0.2, 0.25) is 0 Å². The van der Waals surface area contributed by atoms with Gasteiger partial charge in [0.1, 0.15) is 11.6 Å². The van der Waals surface area contributed by atoms with Crippen molar-refractivity contribution in [2.45, 2.75) is 44.6 Å². The van der Waals surface area contributed by atoms with E-state index >= 15 is 0 Å². The van der Waals surface area contributed by atoms with Crippen LogP contribution in [-0.4, -0.2) is 39.2 Å². The molecule has 36 heavy (non-hydrogen) atoms. The van der Waals surface area contributed by atoms with E-state index in [1.54, 1.807) is 24.3 Å². The summed E-state index contributed by atoms with van der Waals surface area (Å²) in [6.45, 7) is 3.31. The van der Waals surface area contributed by atoms with Crippen LogP contribution < -0.4 is 0 Å². The average molecular weight is 481 g/mol. The van der Waals surface area contributed by atoms with Gasteiger partial charge in [0.05, 0.1) is 16.7 Å². The second kappa shape index (κ2) is 9.01. The molecule has 3 aromatic carbocycles. The fourth-order valence-electron chi connectivity index (χ4n) is 5.47. The Morgan fingerprint density at radius 3 is 2.44 bits per heavy atom. The minimum absolute atomic E-state index is 0.0242. The minimum Gasteiger partial charge on any atom is -0.339 e. The van der Waals surface area contributed by atoms with E-state index in [-0.39, 0.29) is 17.4 Å². The van der Waals surface area contributed by atoms with Crippen molar-refractivity contribution >= 4 is 22.7 Å². The average Bonchev–Trinajstić information content (AvgIpc) is 3.67. The van der Waals surface area contributed by atoms with Crippen molar-refractivity contribution in [1.82, 2.24) is 14.5 Å². The predicted molar refractivity (Wildman–Crippen MR) is 139 cm³/mol. The lowest BCUT2D eigenvalue weighted by molar-refractivity contribution is 0.0710. The summed E-state index contributed by atoms with van der Waals surface area (Å²) >= 11 is 0. The number of fused-ring (bicyclic) bond motifs is 1. The van der Waals surface area contributed by atoms with Crippen LogP contribution >= 0.6 is 0 Å². The molecular formula is C30H29FN4O. The van der Waals surface area contributed by atoms with E-state index in [4.69, 9.17) is 10.4 Å². The highest BCUT2D eigenvalue weighted by Crippen LogP contribution is 2.42. The Morgan fingerprint density at radius 1 is 0.944 bits per heavy atom. The number of nitrogens with one attached hydrogen (secondary N) is 1. The van der Waals surface area contributed by atoms with Gasteiger partial charge in [0.2, 0.25) is 0 Å². The van der Waals surface area contributed by atoms with Gasteiger partial charge in [-0.05, 0) is 74.6 Å². The summed E-state index contributed by atoms with van der Waals surface area (Å²) in [7, 11) is 0. The number of para-hydroxylation sites is 2. The van der Waals surface area contributed by atoms with Gasteiger partial charge in [-0.15, -0.1) is 0 Å². The lowest BCUT2D eigenvalue weighted by atomic mass is 9.94. The summed E-state index contributed by atoms with van der Waals surface area (Å²) in [6.07, 6.45) is 4.25. The Balaban J connectivity index is 1.17. The lowest BCUT2D eigenvalue weighted by Gasteiger charge is -2.32. The summed E-state index contributed by atoms with van der Waals surface area (Å²) < 4.78 is 16.1. The molecule has 1 aliphatic heterocycles. The number of nitrogens with zero attached hydrogens (tertiary/aromatic N) is 3. The number of hydrogen-bond donors (Lipinski definition) is 1. The number of rotatable bonds is 5. The molecule has 1 aromatic heterocycles. The number of halogens is 1. The molecule has 6 heteroatoms. The topological polar surface area (TPSA) is 62.0 Å². The van der Waals surface area contributed by atoms with Gasteiger partial charge in [-0.1, -0.05) is 30.3 Å². The Hall–Kier alpha value is -3.80. The van der Waals surface area contributed by atoms with Crippen LogP contribution in [0.4, 0.5) is 4.39 Å². The van der Waals surface area contributed by atoms with E-state index in [1.165, 1.54) is 36.3 Å². The van der Waals surface area contributed by atoms with Crippen LogP contribution in [0.15, 0.2) is 66.7 Å². The van der Waals surface area contributed by atoms with Crippen LogP contribution in [-0.2, 0) is 0 Å². The molecule has 4 aromatic rings. The van der Waals surface area contributed by atoms with Crippen molar-refractivity contribution in [1.29, 1.82) is 5.41 Å². The maximum Gasteiger partial charge on any atom is 0.253 e. The third-order valence-electron chi connectivity index (χ3n) is 7.54. The fourth-order valence-corrected chi connectivity index (χ4v) is 5.47. The van der Waals surface area contributed by atoms with Crippen LogP contribution in [0.3, 0.4) is 0 Å². The summed E-state index contributed by atoms with van der Waals surface area (Å²) in [5.74, 6) is 1.20. The zero-order valence-electron chi connectivity index (χ0n) is 20.4. The maximum atomic E-state index is 13.6. The molecule has 0 bridgehead atoms. The Labute approximate surface area is 210 Å². The zero-order valence-corrected chi connectivity index (χ0v) is 20.4. The number of amides is 1. The SMILES string of the molecule is Cc1cc(C(=O)N2CCC(c3nc4ccccc4n3C3CC3)CC2)ccc1C(=N)c1cccc(F)c1. The number of carbonyl (C=O) groups excluding carboxylic acids is 1. The minimum atomic E-state index is -0.363. The Morgan fingerprint density at radius 2 is 1.72 bits per heavy atom. The summed E-state index contributed by atoms with van der Waals surface area (Å²) in [5, 5.41) is 8.51. The van der Waals surface area contributed by atoms with Gasteiger partial charge >= 0.3 is 0 Å². The van der Waals surface area contributed by atoms with E-state index in [9.17, 15) is 9.18 Å². The number of likely N-dealkylation sites (tertiary alicyclic amines) is 1. The molecule has 1 amide bonds. The van der Waals surface area contributed by atoms with Crippen molar-refractivity contribution in [3.8, 4) is 0 Å². The van der Waals surface area contributed by atoms with Crippen LogP contribution in [0, 0.1) is 18.2 Å². The van der Waals surface area contributed by atoms with Gasteiger partial charge < -0.3 is 9.47 Å². The molecule has 182 valence electrons. The van der Waals surface area contributed by atoms with Gasteiger partial charge in [0.25, 0.3) is 5.91 Å². The van der Waals surface area contributed by atoms with E-state index in [0.717, 1.165) is 23.9 Å². The van der Waals surface area contributed by atoms with Gasteiger partial charge in [0.15, 0.2) is 0 Å². The number of aromatic nitrogens is 2. The lowest BCUT2D eigenvalue weighted by Crippen LogP contribution is -2.38. The highest BCUT2D eigenvalue weighted by molar-refractivity contribution is 6.12. The fraction of sp³-hybridized carbons (Fsp3) is 0.300. The molecule has 5 nitrogen and oxygen atoms in total. The van der Waals surface area contributed by atoms with Crippen molar-refractivity contribution in [2.24, 2.45) is 0 Å². The first-order valence-electron chi connectivity index (χ1n) is 12.7. The van der Waals surface area contributed by atoms with Crippen molar-refractivity contribution in [3.63, 3.8) is 0 Å². The number of benzene rings is 3. The van der Waals surface area contributed by atoms with Gasteiger partial charge in [-0.3, -0.25) is 10.2 Å². The van der Waals surface area contributed by atoms with Crippen LogP contribution in [0.5, 0.6) is 0 Å². The third kappa shape index (κ3) is 4.11. The first kappa shape index (κ1) is 22.7. The highest BCUT2D eigenvalue weighted by atomic mass is 19.1. The highest BCUT2D eigenvalue weighted by Gasteiger charge is 2.33. The van der Waals surface area contributed by atoms with Gasteiger partial charge in [-0.25, -0.2) is 9.37 Å². The summed E-state index contributed by atoms with van der Waals surface area (Å²) in [6, 6.07) is 20.5. The Bertz CT molecular complexity index is 1480. The molecule has 0 atom stereocenters. The first-order chi connectivity index (χ1) is 17.5. The quantitative estimate of drug-likeness (QED) is 0.343. The number of hydrogen-bond acceptors (Lipinski definition) is 3. The molecular weight excluding hydrogens is 451 g/mol. The van der Waals surface area contributed by atoms with Gasteiger partial charge in [0, 0.05) is 41.7 Å². The second-order valence-electron chi connectivity index (χ2n) is 10.0. The van der Waals surface area contributed by atoms with Crippen molar-refractivity contribution < 1.29 is 9.18 Å². The van der Waals surface area contributed by atoms with Crippen LogP contribution in [0.1, 0.15) is 70.5 Å². The van der Waals surface area contributed by atoms with E-state index in [2.05, 4.69) is 22.8 Å². The number of piperidine rings is 1.